The number of fused-ring (bicyclic) bond motifs is 1. The Balaban J connectivity index is 1.59. The second-order valence-corrected chi connectivity index (χ2v) is 6.58. The number of anilines is 1. The quantitative estimate of drug-likeness (QED) is 0.411. The van der Waals surface area contributed by atoms with Gasteiger partial charge in [-0.1, -0.05) is 36.4 Å². The van der Waals surface area contributed by atoms with E-state index in [-0.39, 0.29) is 18.2 Å². The molecule has 6 nitrogen and oxygen atoms in total. The molecule has 0 saturated heterocycles. The number of phenolic OH excluding ortho intramolecular Hbond substituents is 1. The van der Waals surface area contributed by atoms with Gasteiger partial charge in [-0.3, -0.25) is 4.79 Å². The van der Waals surface area contributed by atoms with Crippen LogP contribution >= 0.6 is 15.9 Å². The Hall–Kier alpha value is -3.06. The van der Waals surface area contributed by atoms with Gasteiger partial charge in [-0.2, -0.15) is 5.10 Å². The number of hydrogen-bond donors (Lipinski definition) is 3. The van der Waals surface area contributed by atoms with Gasteiger partial charge >= 0.3 is 0 Å². The summed E-state index contributed by atoms with van der Waals surface area (Å²) in [6.45, 7) is 0.0862. The van der Waals surface area contributed by atoms with Crippen LogP contribution in [0.2, 0.25) is 0 Å². The number of hydrazone groups is 1. The third kappa shape index (κ3) is 4.57. The van der Waals surface area contributed by atoms with Crippen LogP contribution in [-0.4, -0.2) is 30.9 Å². The Bertz CT molecular complexity index is 976. The minimum Gasteiger partial charge on any atom is -0.504 e. The molecular weight excluding hydrogens is 410 g/mol. The van der Waals surface area contributed by atoms with Gasteiger partial charge in [-0.15, -0.1) is 0 Å². The summed E-state index contributed by atoms with van der Waals surface area (Å²) in [7, 11) is 1.47. The van der Waals surface area contributed by atoms with Crippen LogP contribution < -0.4 is 15.5 Å². The number of hydrogen-bond acceptors (Lipinski definition) is 5. The highest BCUT2D eigenvalue weighted by atomic mass is 79.9. The number of phenols is 1. The van der Waals surface area contributed by atoms with Gasteiger partial charge < -0.3 is 15.2 Å². The van der Waals surface area contributed by atoms with Crippen molar-refractivity contribution < 1.29 is 14.6 Å². The Labute approximate surface area is 165 Å². The lowest BCUT2D eigenvalue weighted by Gasteiger charge is -2.09. The van der Waals surface area contributed by atoms with E-state index in [0.29, 0.717) is 15.8 Å². The zero-order chi connectivity index (χ0) is 19.2. The topological polar surface area (TPSA) is 83.0 Å². The third-order valence-electron chi connectivity index (χ3n) is 3.88. The lowest BCUT2D eigenvalue weighted by molar-refractivity contribution is -0.119. The van der Waals surface area contributed by atoms with E-state index in [0.717, 1.165) is 16.5 Å². The largest absolute Gasteiger partial charge is 0.504 e. The molecule has 0 atom stereocenters. The number of methoxy groups -OCH3 is 1. The molecule has 0 fully saturated rings. The molecule has 0 spiro atoms. The second-order valence-electron chi connectivity index (χ2n) is 5.73. The van der Waals surface area contributed by atoms with E-state index in [4.69, 9.17) is 4.74 Å². The molecule has 27 heavy (non-hydrogen) atoms. The van der Waals surface area contributed by atoms with Gasteiger partial charge in [-0.05, 0) is 45.1 Å². The number of amides is 1. The maximum Gasteiger partial charge on any atom is 0.259 e. The molecule has 0 aromatic heterocycles. The lowest BCUT2D eigenvalue weighted by atomic mass is 10.1. The van der Waals surface area contributed by atoms with Crippen LogP contribution in [0.5, 0.6) is 11.5 Å². The Morgan fingerprint density at radius 1 is 1.22 bits per heavy atom. The Kier molecular flexibility index (Phi) is 5.93. The number of nitrogens with one attached hydrogen (secondary N) is 2. The van der Waals surface area contributed by atoms with Gasteiger partial charge in [0, 0.05) is 11.1 Å². The molecule has 3 aromatic rings. The predicted octanol–water partition coefficient (Wildman–Crippen LogP) is 3.88. The average molecular weight is 428 g/mol. The lowest BCUT2D eigenvalue weighted by Crippen LogP contribution is -2.25. The van der Waals surface area contributed by atoms with Gasteiger partial charge in [0.2, 0.25) is 0 Å². The molecule has 7 heteroatoms. The van der Waals surface area contributed by atoms with E-state index >= 15 is 0 Å². The maximum absolute atomic E-state index is 12.0. The Morgan fingerprint density at radius 3 is 2.78 bits per heavy atom. The highest BCUT2D eigenvalue weighted by Crippen LogP contribution is 2.34. The van der Waals surface area contributed by atoms with Crippen molar-refractivity contribution in [2.45, 2.75) is 0 Å². The van der Waals surface area contributed by atoms with Gasteiger partial charge in [0.25, 0.3) is 5.91 Å². The van der Waals surface area contributed by atoms with E-state index < -0.39 is 0 Å². The highest BCUT2D eigenvalue weighted by Gasteiger charge is 2.08. The van der Waals surface area contributed by atoms with E-state index in [9.17, 15) is 9.90 Å². The summed E-state index contributed by atoms with van der Waals surface area (Å²) in [6, 6.07) is 17.1. The van der Waals surface area contributed by atoms with Crippen molar-refractivity contribution in [2.75, 3.05) is 19.0 Å². The van der Waals surface area contributed by atoms with E-state index in [2.05, 4.69) is 31.8 Å². The predicted molar refractivity (Wildman–Crippen MR) is 111 cm³/mol. The number of halogens is 1. The summed E-state index contributed by atoms with van der Waals surface area (Å²) >= 11 is 3.31. The molecule has 0 radical (unpaired) electrons. The van der Waals surface area contributed by atoms with E-state index in [1.165, 1.54) is 19.4 Å². The van der Waals surface area contributed by atoms with Crippen molar-refractivity contribution in [2.24, 2.45) is 5.10 Å². The molecule has 0 aliphatic heterocycles. The third-order valence-corrected chi connectivity index (χ3v) is 4.47. The highest BCUT2D eigenvalue weighted by molar-refractivity contribution is 9.10. The Morgan fingerprint density at radius 2 is 2.00 bits per heavy atom. The van der Waals surface area contributed by atoms with Crippen molar-refractivity contribution in [1.29, 1.82) is 0 Å². The molecule has 3 aromatic carbocycles. The van der Waals surface area contributed by atoms with Crippen LogP contribution in [0, 0.1) is 0 Å². The first-order valence-corrected chi connectivity index (χ1v) is 8.98. The summed E-state index contributed by atoms with van der Waals surface area (Å²) in [6.07, 6.45) is 1.44. The molecular formula is C20H18BrN3O3. The minimum absolute atomic E-state index is 0.0164. The summed E-state index contributed by atoms with van der Waals surface area (Å²) in [4.78, 5) is 12.0. The van der Waals surface area contributed by atoms with Crippen LogP contribution in [0.25, 0.3) is 10.8 Å². The molecule has 0 saturated carbocycles. The number of benzene rings is 3. The fourth-order valence-corrected chi connectivity index (χ4v) is 3.28. The molecule has 138 valence electrons. The molecule has 0 aliphatic rings. The zero-order valence-electron chi connectivity index (χ0n) is 14.6. The molecule has 3 rings (SSSR count). The van der Waals surface area contributed by atoms with Crippen LogP contribution in [-0.2, 0) is 4.79 Å². The van der Waals surface area contributed by atoms with Gasteiger partial charge in [-0.25, -0.2) is 5.43 Å². The molecule has 0 aliphatic carbocycles. The normalized spacial score (nSPS) is 10.9. The summed E-state index contributed by atoms with van der Waals surface area (Å²) in [5.41, 5.74) is 3.96. The number of carbonyl (C=O) groups excluding carboxylic acids is 1. The molecule has 3 N–H and O–H groups in total. The fraction of sp³-hybridized carbons (Fsp3) is 0.100. The maximum atomic E-state index is 12.0. The van der Waals surface area contributed by atoms with Gasteiger partial charge in [0.05, 0.1) is 24.3 Å². The van der Waals surface area contributed by atoms with Crippen LogP contribution in [0.1, 0.15) is 5.56 Å². The summed E-state index contributed by atoms with van der Waals surface area (Å²) in [5.74, 6) is 0.0451. The smallest absolute Gasteiger partial charge is 0.259 e. The summed E-state index contributed by atoms with van der Waals surface area (Å²) < 4.78 is 5.65. The van der Waals surface area contributed by atoms with Crippen molar-refractivity contribution in [3.8, 4) is 11.5 Å². The number of ether oxygens (including phenoxy) is 1. The standard InChI is InChI=1S/C20H18BrN3O3/c1-27-20-16(21)9-13(10-18(20)25)11-23-24-19(26)12-22-17-8-4-6-14-5-2-3-7-15(14)17/h2-11,22,25H,12H2,1H3,(H,24,26)/b23-11-. The number of rotatable bonds is 6. The number of nitrogens with zero attached hydrogens (tertiary/aromatic N) is 1. The van der Waals surface area contributed by atoms with Crippen molar-refractivity contribution in [3.05, 3.63) is 64.6 Å². The van der Waals surface area contributed by atoms with Gasteiger partial charge in [0.15, 0.2) is 11.5 Å². The fourth-order valence-electron chi connectivity index (χ4n) is 2.65. The van der Waals surface area contributed by atoms with Crippen molar-refractivity contribution in [3.63, 3.8) is 0 Å². The van der Waals surface area contributed by atoms with Crippen molar-refractivity contribution in [1.82, 2.24) is 5.43 Å². The minimum atomic E-state index is -0.281. The monoisotopic (exact) mass is 427 g/mol. The van der Waals surface area contributed by atoms with Gasteiger partial charge in [0.1, 0.15) is 0 Å². The zero-order valence-corrected chi connectivity index (χ0v) is 16.2. The van der Waals surface area contributed by atoms with E-state index in [1.807, 2.05) is 42.5 Å². The van der Waals surface area contributed by atoms with Crippen LogP contribution in [0.15, 0.2) is 64.2 Å². The number of carbonyl (C=O) groups is 1. The molecule has 0 heterocycles. The van der Waals surface area contributed by atoms with E-state index in [1.54, 1.807) is 6.07 Å². The van der Waals surface area contributed by atoms with Crippen LogP contribution in [0.3, 0.4) is 0 Å². The first-order chi connectivity index (χ1) is 13.1. The number of aromatic hydroxyl groups is 1. The molecule has 0 unspecified atom stereocenters. The van der Waals surface area contributed by atoms with Crippen molar-refractivity contribution >= 4 is 44.5 Å². The molecule has 0 bridgehead atoms. The SMILES string of the molecule is COc1c(O)cc(/C=N\NC(=O)CNc2cccc3ccccc23)cc1Br. The summed E-state index contributed by atoms with van der Waals surface area (Å²) in [5, 5.41) is 19.1. The average Bonchev–Trinajstić information content (AvgIpc) is 2.66. The first kappa shape index (κ1) is 18.7. The second kappa shape index (κ2) is 8.55. The first-order valence-electron chi connectivity index (χ1n) is 8.18. The molecule has 1 amide bonds. The van der Waals surface area contributed by atoms with Crippen LogP contribution in [0.4, 0.5) is 5.69 Å².